The van der Waals surface area contributed by atoms with E-state index in [1.165, 1.54) is 0 Å². The van der Waals surface area contributed by atoms with E-state index in [-0.39, 0.29) is 11.9 Å². The van der Waals surface area contributed by atoms with Crippen LogP contribution in [0.5, 0.6) is 0 Å². The standard InChI is InChI=1S/C19H16BrClN4O/c20-14-6-7-17(21)16(10-14)19(26)24-9-8-15(11-24)25-12-18(22-23-25)13-4-2-1-3-5-13/h1-7,10,12,15H,8-9,11H2. The molecule has 1 atom stereocenters. The largest absolute Gasteiger partial charge is 0.336 e. The Morgan fingerprint density at radius 3 is 2.81 bits per heavy atom. The molecule has 2 heterocycles. The average Bonchev–Trinajstić information content (AvgIpc) is 3.33. The Morgan fingerprint density at radius 1 is 1.19 bits per heavy atom. The van der Waals surface area contributed by atoms with Crippen molar-refractivity contribution in [1.29, 1.82) is 0 Å². The number of likely N-dealkylation sites (tertiary alicyclic amines) is 1. The molecule has 5 nitrogen and oxygen atoms in total. The zero-order chi connectivity index (χ0) is 18.1. The summed E-state index contributed by atoms with van der Waals surface area (Å²) in [4.78, 5) is 14.6. The number of amides is 1. The van der Waals surface area contributed by atoms with Crippen molar-refractivity contribution >= 4 is 33.4 Å². The van der Waals surface area contributed by atoms with E-state index in [1.807, 2.05) is 52.2 Å². The van der Waals surface area contributed by atoms with E-state index in [2.05, 4.69) is 26.2 Å². The Kier molecular flexibility index (Phi) is 4.78. The molecule has 26 heavy (non-hydrogen) atoms. The Balaban J connectivity index is 1.50. The molecule has 1 aliphatic heterocycles. The third kappa shape index (κ3) is 3.39. The lowest BCUT2D eigenvalue weighted by Gasteiger charge is -2.17. The highest BCUT2D eigenvalue weighted by Crippen LogP contribution is 2.27. The zero-order valence-corrected chi connectivity index (χ0v) is 16.2. The number of rotatable bonds is 3. The summed E-state index contributed by atoms with van der Waals surface area (Å²) in [6, 6.07) is 15.4. The molecule has 1 aromatic heterocycles. The monoisotopic (exact) mass is 430 g/mol. The van der Waals surface area contributed by atoms with Gasteiger partial charge in [-0.15, -0.1) is 5.10 Å². The quantitative estimate of drug-likeness (QED) is 0.616. The van der Waals surface area contributed by atoms with Gasteiger partial charge in [0.25, 0.3) is 5.91 Å². The van der Waals surface area contributed by atoms with Crippen LogP contribution < -0.4 is 0 Å². The third-order valence-corrected chi connectivity index (χ3v) is 5.39. The van der Waals surface area contributed by atoms with E-state index in [1.54, 1.807) is 12.1 Å². The average molecular weight is 432 g/mol. The van der Waals surface area contributed by atoms with Gasteiger partial charge in [-0.05, 0) is 24.6 Å². The van der Waals surface area contributed by atoms with Crippen molar-refractivity contribution in [3.63, 3.8) is 0 Å². The fourth-order valence-corrected chi connectivity index (χ4v) is 3.73. The van der Waals surface area contributed by atoms with Gasteiger partial charge < -0.3 is 4.90 Å². The van der Waals surface area contributed by atoms with Crippen molar-refractivity contribution in [2.75, 3.05) is 13.1 Å². The first-order valence-corrected chi connectivity index (χ1v) is 9.50. The van der Waals surface area contributed by atoms with Gasteiger partial charge in [0.2, 0.25) is 0 Å². The summed E-state index contributed by atoms with van der Waals surface area (Å²) in [6.07, 6.45) is 2.79. The number of carbonyl (C=O) groups excluding carboxylic acids is 1. The minimum atomic E-state index is -0.0535. The molecule has 0 N–H and O–H groups in total. The van der Waals surface area contributed by atoms with Crippen molar-refractivity contribution in [2.24, 2.45) is 0 Å². The van der Waals surface area contributed by atoms with Gasteiger partial charge >= 0.3 is 0 Å². The fourth-order valence-electron chi connectivity index (χ4n) is 3.17. The minimum Gasteiger partial charge on any atom is -0.336 e. The number of carbonyl (C=O) groups is 1. The van der Waals surface area contributed by atoms with Crippen molar-refractivity contribution < 1.29 is 4.79 Å². The summed E-state index contributed by atoms with van der Waals surface area (Å²) in [6.45, 7) is 1.27. The first kappa shape index (κ1) is 17.2. The van der Waals surface area contributed by atoms with Crippen LogP contribution in [0.25, 0.3) is 11.3 Å². The number of halogens is 2. The molecule has 1 amide bonds. The molecule has 0 radical (unpaired) electrons. The number of hydrogen-bond acceptors (Lipinski definition) is 3. The fraction of sp³-hybridized carbons (Fsp3) is 0.211. The molecule has 1 unspecified atom stereocenters. The molecule has 1 fully saturated rings. The smallest absolute Gasteiger partial charge is 0.255 e. The Labute approximate surface area is 164 Å². The molecule has 0 saturated carbocycles. The Morgan fingerprint density at radius 2 is 2.00 bits per heavy atom. The molecule has 4 rings (SSSR count). The molecule has 1 saturated heterocycles. The Bertz CT molecular complexity index is 944. The van der Waals surface area contributed by atoms with Gasteiger partial charge in [0.05, 0.1) is 22.8 Å². The summed E-state index contributed by atoms with van der Waals surface area (Å²) < 4.78 is 2.70. The van der Waals surface area contributed by atoms with Crippen LogP contribution in [0.1, 0.15) is 22.8 Å². The van der Waals surface area contributed by atoms with Gasteiger partial charge in [-0.1, -0.05) is 63.1 Å². The lowest BCUT2D eigenvalue weighted by atomic mass is 10.2. The number of hydrogen-bond donors (Lipinski definition) is 0. The number of aromatic nitrogens is 3. The predicted octanol–water partition coefficient (Wildman–Crippen LogP) is 4.45. The summed E-state index contributed by atoms with van der Waals surface area (Å²) in [7, 11) is 0. The van der Waals surface area contributed by atoms with Crippen LogP contribution in [0.3, 0.4) is 0 Å². The van der Waals surface area contributed by atoms with Crippen LogP contribution in [0.4, 0.5) is 0 Å². The highest BCUT2D eigenvalue weighted by molar-refractivity contribution is 9.10. The van der Waals surface area contributed by atoms with Crippen LogP contribution in [-0.2, 0) is 0 Å². The van der Waals surface area contributed by atoms with E-state index < -0.39 is 0 Å². The molecule has 3 aromatic rings. The van der Waals surface area contributed by atoms with Crippen molar-refractivity contribution in [2.45, 2.75) is 12.5 Å². The van der Waals surface area contributed by atoms with Crippen molar-refractivity contribution in [3.05, 3.63) is 69.8 Å². The lowest BCUT2D eigenvalue weighted by molar-refractivity contribution is 0.0787. The zero-order valence-electron chi connectivity index (χ0n) is 13.8. The molecule has 0 bridgehead atoms. The predicted molar refractivity (Wildman–Crippen MR) is 104 cm³/mol. The van der Waals surface area contributed by atoms with Gasteiger partial charge in [-0.2, -0.15) is 0 Å². The minimum absolute atomic E-state index is 0.0535. The second-order valence-electron chi connectivity index (χ2n) is 6.27. The van der Waals surface area contributed by atoms with Gasteiger partial charge in [-0.3, -0.25) is 4.79 Å². The van der Waals surface area contributed by atoms with Crippen molar-refractivity contribution in [1.82, 2.24) is 19.9 Å². The molecule has 2 aromatic carbocycles. The van der Waals surface area contributed by atoms with E-state index in [0.717, 1.165) is 22.2 Å². The summed E-state index contributed by atoms with van der Waals surface area (Å²) in [5.41, 5.74) is 2.39. The molecule has 0 aliphatic carbocycles. The molecule has 132 valence electrons. The molecular weight excluding hydrogens is 416 g/mol. The SMILES string of the molecule is O=C(c1cc(Br)ccc1Cl)N1CCC(n2cc(-c3ccccc3)nn2)C1. The van der Waals surface area contributed by atoms with E-state index >= 15 is 0 Å². The topological polar surface area (TPSA) is 51.0 Å². The summed E-state index contributed by atoms with van der Waals surface area (Å²) in [5.74, 6) is -0.0535. The van der Waals surface area contributed by atoms with Crippen LogP contribution in [-0.4, -0.2) is 38.9 Å². The van der Waals surface area contributed by atoms with Gasteiger partial charge in [0.1, 0.15) is 5.69 Å². The van der Waals surface area contributed by atoms with E-state index in [0.29, 0.717) is 23.7 Å². The maximum Gasteiger partial charge on any atom is 0.255 e. The van der Waals surface area contributed by atoms with Gasteiger partial charge in [0.15, 0.2) is 0 Å². The normalized spacial score (nSPS) is 16.8. The maximum absolute atomic E-state index is 12.8. The van der Waals surface area contributed by atoms with Crippen LogP contribution in [0.2, 0.25) is 5.02 Å². The first-order chi connectivity index (χ1) is 12.6. The molecule has 7 heteroatoms. The second kappa shape index (κ2) is 7.21. The highest BCUT2D eigenvalue weighted by Gasteiger charge is 2.30. The molecule has 0 spiro atoms. The second-order valence-corrected chi connectivity index (χ2v) is 7.59. The van der Waals surface area contributed by atoms with E-state index in [4.69, 9.17) is 11.6 Å². The molecule has 1 aliphatic rings. The first-order valence-electron chi connectivity index (χ1n) is 8.33. The maximum atomic E-state index is 12.8. The van der Waals surface area contributed by atoms with Gasteiger partial charge in [-0.25, -0.2) is 4.68 Å². The van der Waals surface area contributed by atoms with Crippen LogP contribution in [0.15, 0.2) is 59.2 Å². The third-order valence-electron chi connectivity index (χ3n) is 4.56. The molecular formula is C19H16BrClN4O. The number of nitrogens with zero attached hydrogens (tertiary/aromatic N) is 4. The van der Waals surface area contributed by atoms with Crippen LogP contribution >= 0.6 is 27.5 Å². The summed E-state index contributed by atoms with van der Waals surface area (Å²) >= 11 is 9.59. The number of benzene rings is 2. The lowest BCUT2D eigenvalue weighted by Crippen LogP contribution is -2.29. The Hall–Kier alpha value is -2.18. The van der Waals surface area contributed by atoms with E-state index in [9.17, 15) is 4.79 Å². The summed E-state index contributed by atoms with van der Waals surface area (Å²) in [5, 5.41) is 9.00. The van der Waals surface area contributed by atoms with Crippen molar-refractivity contribution in [3.8, 4) is 11.3 Å². The highest BCUT2D eigenvalue weighted by atomic mass is 79.9. The van der Waals surface area contributed by atoms with Gasteiger partial charge in [0, 0.05) is 23.1 Å². The van der Waals surface area contributed by atoms with Crippen LogP contribution in [0, 0.1) is 0 Å².